The Labute approximate surface area is 101 Å². The zero-order valence-corrected chi connectivity index (χ0v) is 10.2. The Morgan fingerprint density at radius 2 is 2.24 bits per heavy atom. The van der Waals surface area contributed by atoms with Crippen LogP contribution in [0, 0.1) is 0 Å². The third-order valence-corrected chi connectivity index (χ3v) is 2.93. The number of unbranched alkanes of at least 4 members (excludes halogenated alkanes) is 1. The zero-order valence-electron chi connectivity index (χ0n) is 10.2. The Kier molecular flexibility index (Phi) is 5.37. The quantitative estimate of drug-likeness (QED) is 0.661. The van der Waals surface area contributed by atoms with Crippen LogP contribution in [0.5, 0.6) is 0 Å². The molecule has 1 fully saturated rings. The van der Waals surface area contributed by atoms with Crippen LogP contribution in [0.3, 0.4) is 0 Å². The number of nitrogens with two attached hydrogens (primary N) is 2. The summed E-state index contributed by atoms with van der Waals surface area (Å²) in [6, 6.07) is -1.22. The van der Waals surface area contributed by atoms with E-state index >= 15 is 0 Å². The molecule has 0 bridgehead atoms. The number of hydrogen-bond donors (Lipinski definition) is 2. The summed E-state index contributed by atoms with van der Waals surface area (Å²) in [5, 5.41) is 0. The Hall–Kier alpha value is -1.14. The maximum absolute atomic E-state index is 12.1. The summed E-state index contributed by atoms with van der Waals surface area (Å²) in [5.41, 5.74) is 11.1. The Morgan fingerprint density at radius 1 is 1.53 bits per heavy atom. The van der Waals surface area contributed by atoms with Crippen molar-refractivity contribution in [1.82, 2.24) is 4.90 Å². The lowest BCUT2D eigenvalue weighted by molar-refractivity contribution is -0.148. The van der Waals surface area contributed by atoms with Crippen LogP contribution < -0.4 is 11.5 Å². The first kappa shape index (κ1) is 13.9. The molecule has 98 valence electrons. The molecule has 1 aliphatic heterocycles. The van der Waals surface area contributed by atoms with Crippen molar-refractivity contribution in [2.45, 2.75) is 38.3 Å². The third kappa shape index (κ3) is 3.67. The predicted octanol–water partition coefficient (Wildman–Crippen LogP) is -0.783. The van der Waals surface area contributed by atoms with Crippen LogP contribution >= 0.6 is 0 Å². The van der Waals surface area contributed by atoms with Gasteiger partial charge < -0.3 is 21.1 Å². The zero-order chi connectivity index (χ0) is 12.8. The summed E-state index contributed by atoms with van der Waals surface area (Å²) < 4.78 is 5.15. The lowest BCUT2D eigenvalue weighted by Gasteiger charge is -2.35. The lowest BCUT2D eigenvalue weighted by atomic mass is 10.1. The average Bonchev–Trinajstić information content (AvgIpc) is 2.34. The maximum Gasteiger partial charge on any atom is 0.242 e. The summed E-state index contributed by atoms with van der Waals surface area (Å²) in [6.07, 6.45) is 2.53. The van der Waals surface area contributed by atoms with E-state index in [4.69, 9.17) is 16.2 Å². The van der Waals surface area contributed by atoms with E-state index in [2.05, 4.69) is 0 Å². The molecule has 1 aliphatic rings. The molecule has 1 heterocycles. The minimum Gasteiger partial charge on any atom is -0.377 e. The molecule has 2 amide bonds. The fraction of sp³-hybridized carbons (Fsp3) is 0.818. The minimum atomic E-state index is -0.677. The molecule has 0 aromatic heterocycles. The molecular formula is C11H21N3O3. The normalized spacial score (nSPS) is 22.2. The van der Waals surface area contributed by atoms with Crippen molar-refractivity contribution in [3.63, 3.8) is 0 Å². The van der Waals surface area contributed by atoms with E-state index in [1.807, 2.05) is 6.92 Å². The van der Waals surface area contributed by atoms with Crippen LogP contribution in [0.1, 0.15) is 26.2 Å². The van der Waals surface area contributed by atoms with Gasteiger partial charge in [0.05, 0.1) is 19.3 Å². The van der Waals surface area contributed by atoms with Gasteiger partial charge in [0.15, 0.2) is 0 Å². The summed E-state index contributed by atoms with van der Waals surface area (Å²) >= 11 is 0. The van der Waals surface area contributed by atoms with Gasteiger partial charge in [-0.15, -0.1) is 0 Å². The molecule has 6 heteroatoms. The first-order chi connectivity index (χ1) is 8.07. The van der Waals surface area contributed by atoms with Gasteiger partial charge in [0.25, 0.3) is 0 Å². The van der Waals surface area contributed by atoms with E-state index in [-0.39, 0.29) is 12.5 Å². The monoisotopic (exact) mass is 243 g/mol. The van der Waals surface area contributed by atoms with Crippen LogP contribution in [-0.2, 0) is 14.3 Å². The number of ether oxygens (including phenoxy) is 1. The second-order valence-electron chi connectivity index (χ2n) is 4.27. The van der Waals surface area contributed by atoms with Gasteiger partial charge in [0.1, 0.15) is 6.04 Å². The highest BCUT2D eigenvalue weighted by molar-refractivity contribution is 5.89. The highest BCUT2D eigenvalue weighted by atomic mass is 16.5. The van der Waals surface area contributed by atoms with Crippen LogP contribution in [0.15, 0.2) is 0 Å². The van der Waals surface area contributed by atoms with Crippen molar-refractivity contribution in [2.75, 3.05) is 19.8 Å². The largest absolute Gasteiger partial charge is 0.377 e. The smallest absolute Gasteiger partial charge is 0.242 e. The molecule has 0 spiro atoms. The van der Waals surface area contributed by atoms with Crippen LogP contribution in [0.25, 0.3) is 0 Å². The van der Waals surface area contributed by atoms with E-state index in [1.54, 1.807) is 0 Å². The third-order valence-electron chi connectivity index (χ3n) is 2.93. The standard InChI is InChI=1S/C11H21N3O3/c1-2-3-4-8(12)11(16)14-5-6-17-7-9(14)10(13)15/h8-9H,2-7,12H2,1H3,(H2,13,15). The number of nitrogens with zero attached hydrogens (tertiary/aromatic N) is 1. The summed E-state index contributed by atoms with van der Waals surface area (Å²) in [7, 11) is 0. The molecule has 0 aromatic carbocycles. The Balaban J connectivity index is 2.61. The summed E-state index contributed by atoms with van der Waals surface area (Å²) in [4.78, 5) is 24.7. The highest BCUT2D eigenvalue weighted by Gasteiger charge is 2.33. The van der Waals surface area contributed by atoms with Gasteiger partial charge in [-0.05, 0) is 6.42 Å². The van der Waals surface area contributed by atoms with Crippen LogP contribution in [0.2, 0.25) is 0 Å². The van der Waals surface area contributed by atoms with E-state index in [0.29, 0.717) is 19.6 Å². The second-order valence-corrected chi connectivity index (χ2v) is 4.27. The molecule has 2 atom stereocenters. The number of rotatable bonds is 5. The van der Waals surface area contributed by atoms with Crippen molar-refractivity contribution in [3.05, 3.63) is 0 Å². The SMILES string of the molecule is CCCCC(N)C(=O)N1CCOCC1C(N)=O. The van der Waals surface area contributed by atoms with E-state index < -0.39 is 18.0 Å². The molecular weight excluding hydrogens is 222 g/mol. The first-order valence-electron chi connectivity index (χ1n) is 6.01. The predicted molar refractivity (Wildman–Crippen MR) is 63.0 cm³/mol. The topological polar surface area (TPSA) is 98.7 Å². The molecule has 0 aromatic rings. The van der Waals surface area contributed by atoms with Gasteiger partial charge >= 0.3 is 0 Å². The number of amides is 2. The van der Waals surface area contributed by atoms with Crippen LogP contribution in [-0.4, -0.2) is 48.6 Å². The molecule has 0 saturated carbocycles. The van der Waals surface area contributed by atoms with E-state index in [0.717, 1.165) is 12.8 Å². The number of morpholine rings is 1. The summed E-state index contributed by atoms with van der Waals surface area (Å²) in [6.45, 7) is 3.02. The number of carbonyl (C=O) groups is 2. The van der Waals surface area contributed by atoms with Crippen molar-refractivity contribution in [2.24, 2.45) is 11.5 Å². The number of hydrogen-bond acceptors (Lipinski definition) is 4. The van der Waals surface area contributed by atoms with Gasteiger partial charge in [0, 0.05) is 6.54 Å². The Bertz CT molecular complexity index is 283. The highest BCUT2D eigenvalue weighted by Crippen LogP contribution is 2.10. The fourth-order valence-corrected chi connectivity index (χ4v) is 1.86. The molecule has 1 rings (SSSR count). The van der Waals surface area contributed by atoms with Gasteiger partial charge in [-0.25, -0.2) is 0 Å². The molecule has 17 heavy (non-hydrogen) atoms. The number of primary amides is 1. The van der Waals surface area contributed by atoms with Gasteiger partial charge in [-0.2, -0.15) is 0 Å². The first-order valence-corrected chi connectivity index (χ1v) is 6.01. The van der Waals surface area contributed by atoms with Crippen molar-refractivity contribution in [1.29, 1.82) is 0 Å². The van der Waals surface area contributed by atoms with Gasteiger partial charge in [0.2, 0.25) is 11.8 Å². The van der Waals surface area contributed by atoms with Crippen molar-refractivity contribution < 1.29 is 14.3 Å². The molecule has 0 aliphatic carbocycles. The molecule has 1 saturated heterocycles. The fourth-order valence-electron chi connectivity index (χ4n) is 1.86. The molecule has 0 radical (unpaired) electrons. The van der Waals surface area contributed by atoms with Crippen LogP contribution in [0.4, 0.5) is 0 Å². The molecule has 2 unspecified atom stereocenters. The van der Waals surface area contributed by atoms with E-state index in [9.17, 15) is 9.59 Å². The molecule has 6 nitrogen and oxygen atoms in total. The van der Waals surface area contributed by atoms with Crippen molar-refractivity contribution >= 4 is 11.8 Å². The van der Waals surface area contributed by atoms with Gasteiger partial charge in [-0.3, -0.25) is 9.59 Å². The maximum atomic E-state index is 12.1. The Morgan fingerprint density at radius 3 is 2.82 bits per heavy atom. The lowest BCUT2D eigenvalue weighted by Crippen LogP contribution is -2.58. The van der Waals surface area contributed by atoms with Gasteiger partial charge in [-0.1, -0.05) is 19.8 Å². The summed E-state index contributed by atoms with van der Waals surface area (Å²) in [5.74, 6) is -0.744. The molecule has 4 N–H and O–H groups in total. The van der Waals surface area contributed by atoms with E-state index in [1.165, 1.54) is 4.90 Å². The number of carbonyl (C=O) groups excluding carboxylic acids is 2. The van der Waals surface area contributed by atoms with Crippen molar-refractivity contribution in [3.8, 4) is 0 Å². The average molecular weight is 243 g/mol. The minimum absolute atomic E-state index is 0.168. The second kappa shape index (κ2) is 6.56.